The molecule has 2 heterocycles. The van der Waals surface area contributed by atoms with Gasteiger partial charge >= 0.3 is 10.2 Å². The summed E-state index contributed by atoms with van der Waals surface area (Å²) in [4.78, 5) is 4.89. The van der Waals surface area contributed by atoms with Gasteiger partial charge in [0.2, 0.25) is 10.0 Å². The zero-order valence-electron chi connectivity index (χ0n) is 20.0. The van der Waals surface area contributed by atoms with Crippen LogP contribution in [0.1, 0.15) is 68.8 Å². The number of nitrogens with one attached hydrogen (secondary N) is 3. The lowest BCUT2D eigenvalue weighted by atomic mass is 10.00. The highest BCUT2D eigenvalue weighted by molar-refractivity contribution is 7.90. The normalized spacial score (nSPS) is 21.2. The van der Waals surface area contributed by atoms with E-state index in [0.717, 1.165) is 35.0 Å². The molecule has 1 aromatic heterocycles. The first-order valence-electron chi connectivity index (χ1n) is 12.0. The minimum Gasteiger partial charge on any atom is -0.367 e. The van der Waals surface area contributed by atoms with E-state index in [9.17, 15) is 16.8 Å². The number of hydrogen-bond donors (Lipinski definition) is 3. The molecule has 5 rings (SSSR count). The summed E-state index contributed by atoms with van der Waals surface area (Å²) < 4.78 is 61.0. The number of aryl methyl sites for hydroxylation is 1. The molecule has 188 valence electrons. The molecule has 3 aliphatic rings. The van der Waals surface area contributed by atoms with E-state index >= 15 is 0 Å². The van der Waals surface area contributed by atoms with Crippen LogP contribution < -0.4 is 15.4 Å². The summed E-state index contributed by atoms with van der Waals surface area (Å²) in [5.41, 5.74) is 2.77. The van der Waals surface area contributed by atoms with Crippen molar-refractivity contribution < 1.29 is 16.8 Å². The Kier molecular flexibility index (Phi) is 6.09. The number of benzene rings is 1. The van der Waals surface area contributed by atoms with Gasteiger partial charge in [-0.3, -0.25) is 4.98 Å². The van der Waals surface area contributed by atoms with Crippen LogP contribution in [-0.2, 0) is 26.7 Å². The van der Waals surface area contributed by atoms with Crippen molar-refractivity contribution in [1.29, 1.82) is 0 Å². The molecule has 0 amide bonds. The zero-order valence-corrected chi connectivity index (χ0v) is 21.6. The number of aromatic nitrogens is 1. The molecule has 1 atom stereocenters. The molecule has 0 radical (unpaired) electrons. The summed E-state index contributed by atoms with van der Waals surface area (Å²) in [6, 6.07) is 3.35. The number of pyridine rings is 1. The quantitative estimate of drug-likeness (QED) is 0.510. The molecule has 35 heavy (non-hydrogen) atoms. The van der Waals surface area contributed by atoms with E-state index in [1.54, 1.807) is 12.3 Å². The maximum atomic E-state index is 13.4. The van der Waals surface area contributed by atoms with Gasteiger partial charge < -0.3 is 10.6 Å². The molecule has 1 saturated carbocycles. The standard InChI is InChI=1S/C23H30N6O4S2/c1-4-24-22-23(29-35(32,33)28-22)27-19-8-7-15-16(19)10-21(34(30,31)26-11-13(2)3)17-9-20(14-5-6-14)25-12-18(15)17/h9-10,12-14,19,26H,4-8,11H2,1-3H3,(H,24,28)(H,27,29). The first kappa shape index (κ1) is 24.1. The summed E-state index contributed by atoms with van der Waals surface area (Å²) in [6.45, 7) is 6.57. The molecule has 1 aromatic carbocycles. The highest BCUT2D eigenvalue weighted by Gasteiger charge is 2.33. The van der Waals surface area contributed by atoms with Crippen molar-refractivity contribution in [2.75, 3.05) is 13.1 Å². The SMILES string of the molecule is CCNC1=NS(=O)(=O)N=C1NC1CCc2c1cc(S(=O)(=O)NCC(C)C)c1cc(C3CC3)ncc21. The van der Waals surface area contributed by atoms with Gasteiger partial charge in [0.05, 0.1) is 10.9 Å². The largest absolute Gasteiger partial charge is 0.367 e. The first-order valence-corrected chi connectivity index (χ1v) is 14.9. The van der Waals surface area contributed by atoms with Gasteiger partial charge in [-0.05, 0) is 61.8 Å². The minimum absolute atomic E-state index is 0.148. The van der Waals surface area contributed by atoms with E-state index in [2.05, 4.69) is 29.1 Å². The summed E-state index contributed by atoms with van der Waals surface area (Å²) in [6.07, 6.45) is 5.32. The molecule has 1 aliphatic heterocycles. The smallest absolute Gasteiger partial charge is 0.367 e. The van der Waals surface area contributed by atoms with Crippen LogP contribution in [-0.4, -0.2) is 46.6 Å². The van der Waals surface area contributed by atoms with Crippen molar-refractivity contribution in [3.8, 4) is 0 Å². The molecular formula is C23H30N6O4S2. The van der Waals surface area contributed by atoms with Gasteiger partial charge in [0.25, 0.3) is 0 Å². The summed E-state index contributed by atoms with van der Waals surface area (Å²) in [5.74, 6) is 0.875. The van der Waals surface area contributed by atoms with Crippen LogP contribution in [0, 0.1) is 5.92 Å². The Hall–Kier alpha value is -2.57. The number of likely N-dealkylation sites (N-methyl/N-ethyl adjacent to an activating group) is 1. The lowest BCUT2D eigenvalue weighted by molar-refractivity contribution is 0.560. The third kappa shape index (κ3) is 4.78. The monoisotopic (exact) mass is 518 g/mol. The van der Waals surface area contributed by atoms with E-state index in [-0.39, 0.29) is 28.5 Å². The lowest BCUT2D eigenvalue weighted by Crippen LogP contribution is -2.39. The van der Waals surface area contributed by atoms with E-state index in [0.29, 0.717) is 37.2 Å². The van der Waals surface area contributed by atoms with Gasteiger partial charge in [-0.25, -0.2) is 13.1 Å². The highest BCUT2D eigenvalue weighted by atomic mass is 32.2. The molecule has 1 unspecified atom stereocenters. The molecular weight excluding hydrogens is 488 g/mol. The third-order valence-electron chi connectivity index (χ3n) is 6.47. The molecule has 3 N–H and O–H groups in total. The molecule has 1 fully saturated rings. The lowest BCUT2D eigenvalue weighted by Gasteiger charge is -2.19. The highest BCUT2D eigenvalue weighted by Crippen LogP contribution is 2.43. The van der Waals surface area contributed by atoms with Gasteiger partial charge in [-0.15, -0.1) is 8.80 Å². The summed E-state index contributed by atoms with van der Waals surface area (Å²) in [5, 5.41) is 7.63. The van der Waals surface area contributed by atoms with Gasteiger partial charge in [0, 0.05) is 41.7 Å². The maximum Gasteiger partial charge on any atom is 0.367 e. The average Bonchev–Trinajstić information content (AvgIpc) is 3.50. The van der Waals surface area contributed by atoms with Gasteiger partial charge in [-0.2, -0.15) is 8.42 Å². The van der Waals surface area contributed by atoms with Crippen molar-refractivity contribution in [3.63, 3.8) is 0 Å². The predicted octanol–water partition coefficient (Wildman–Crippen LogP) is 2.29. The first-order chi connectivity index (χ1) is 16.6. The van der Waals surface area contributed by atoms with Crippen molar-refractivity contribution >= 4 is 42.7 Å². The number of amidine groups is 2. The van der Waals surface area contributed by atoms with Crippen LogP contribution in [0.25, 0.3) is 10.8 Å². The zero-order chi connectivity index (χ0) is 25.0. The molecule has 2 aromatic rings. The van der Waals surface area contributed by atoms with Crippen LogP contribution in [0.5, 0.6) is 0 Å². The maximum absolute atomic E-state index is 13.4. The Balaban J connectivity index is 1.59. The average molecular weight is 519 g/mol. The van der Waals surface area contributed by atoms with E-state index in [4.69, 9.17) is 0 Å². The summed E-state index contributed by atoms with van der Waals surface area (Å²) in [7, 11) is -7.72. The second kappa shape index (κ2) is 8.82. The number of fused-ring (bicyclic) bond motifs is 3. The Morgan fingerprint density at radius 2 is 1.83 bits per heavy atom. The fourth-order valence-electron chi connectivity index (χ4n) is 4.62. The van der Waals surface area contributed by atoms with Gasteiger partial charge in [0.1, 0.15) is 0 Å². The molecule has 12 heteroatoms. The number of nitrogens with zero attached hydrogens (tertiary/aromatic N) is 3. The fourth-order valence-corrected chi connectivity index (χ4v) is 6.86. The van der Waals surface area contributed by atoms with E-state index < -0.39 is 20.2 Å². The van der Waals surface area contributed by atoms with E-state index in [1.807, 2.05) is 26.8 Å². The Bertz CT molecular complexity index is 1460. The Morgan fingerprint density at radius 3 is 2.51 bits per heavy atom. The molecule has 0 spiro atoms. The van der Waals surface area contributed by atoms with Crippen LogP contribution in [0.4, 0.5) is 0 Å². The number of hydrogen-bond acceptors (Lipinski definition) is 7. The third-order valence-corrected chi connectivity index (χ3v) is 8.76. The molecule has 0 saturated heterocycles. The molecule has 2 aliphatic carbocycles. The van der Waals surface area contributed by atoms with Crippen LogP contribution in [0.3, 0.4) is 0 Å². The van der Waals surface area contributed by atoms with Gasteiger partial charge in [0.15, 0.2) is 11.7 Å². The van der Waals surface area contributed by atoms with Crippen molar-refractivity contribution in [1.82, 2.24) is 20.3 Å². The Labute approximate surface area is 206 Å². The van der Waals surface area contributed by atoms with E-state index in [1.165, 1.54) is 0 Å². The predicted molar refractivity (Wildman–Crippen MR) is 135 cm³/mol. The van der Waals surface area contributed by atoms with Crippen LogP contribution in [0.2, 0.25) is 0 Å². The topological polar surface area (TPSA) is 142 Å². The Morgan fingerprint density at radius 1 is 1.09 bits per heavy atom. The van der Waals surface area contributed by atoms with Crippen LogP contribution in [0.15, 0.2) is 32.0 Å². The van der Waals surface area contributed by atoms with Crippen molar-refractivity contribution in [3.05, 3.63) is 35.2 Å². The second-order valence-corrected chi connectivity index (χ2v) is 12.7. The summed E-state index contributed by atoms with van der Waals surface area (Å²) >= 11 is 0. The second-order valence-electron chi connectivity index (χ2n) is 9.71. The number of rotatable bonds is 7. The van der Waals surface area contributed by atoms with Crippen LogP contribution >= 0.6 is 0 Å². The van der Waals surface area contributed by atoms with Crippen molar-refractivity contribution in [2.24, 2.45) is 14.7 Å². The number of sulfonamides is 1. The fraction of sp³-hybridized carbons (Fsp3) is 0.522. The molecule has 0 bridgehead atoms. The van der Waals surface area contributed by atoms with Gasteiger partial charge in [-0.1, -0.05) is 13.8 Å². The van der Waals surface area contributed by atoms with Crippen molar-refractivity contribution in [2.45, 2.75) is 63.3 Å². The minimum atomic E-state index is -3.94. The molecule has 10 nitrogen and oxygen atoms in total.